The van der Waals surface area contributed by atoms with Gasteiger partial charge in [0.1, 0.15) is 0 Å². The summed E-state index contributed by atoms with van der Waals surface area (Å²) < 4.78 is 1.82. The summed E-state index contributed by atoms with van der Waals surface area (Å²) in [5.74, 6) is 0.833. The first-order chi connectivity index (χ1) is 8.81. The first kappa shape index (κ1) is 13.0. The molecule has 1 aromatic heterocycles. The van der Waals surface area contributed by atoms with Gasteiger partial charge in [0.2, 0.25) is 0 Å². The van der Waals surface area contributed by atoms with Gasteiger partial charge < -0.3 is 5.73 Å². The van der Waals surface area contributed by atoms with Crippen LogP contribution in [0.3, 0.4) is 0 Å². The van der Waals surface area contributed by atoms with E-state index in [1.807, 2.05) is 28.9 Å². The molecular formula is C12H16ClN5. The van der Waals surface area contributed by atoms with Crippen LogP contribution in [0.5, 0.6) is 0 Å². The van der Waals surface area contributed by atoms with Crippen molar-refractivity contribution in [2.45, 2.75) is 25.8 Å². The Balaban J connectivity index is 2.05. The molecule has 0 fully saturated rings. The zero-order valence-corrected chi connectivity index (χ0v) is 10.8. The number of nitrogens with two attached hydrogens (primary N) is 1. The van der Waals surface area contributed by atoms with Crippen molar-refractivity contribution in [1.29, 1.82) is 0 Å². The summed E-state index contributed by atoms with van der Waals surface area (Å²) in [6.45, 7) is 1.49. The minimum atomic E-state index is 0.648. The fourth-order valence-electron chi connectivity index (χ4n) is 1.74. The van der Waals surface area contributed by atoms with Crippen molar-refractivity contribution in [3.8, 4) is 0 Å². The minimum absolute atomic E-state index is 0.648. The molecule has 0 saturated carbocycles. The lowest BCUT2D eigenvalue weighted by molar-refractivity contribution is 0.529. The average Bonchev–Trinajstić information content (AvgIpc) is 2.80. The molecule has 2 aromatic rings. The third-order valence-corrected chi connectivity index (χ3v) is 3.11. The van der Waals surface area contributed by atoms with Gasteiger partial charge in [-0.2, -0.15) is 0 Å². The molecule has 2 N–H and O–H groups in total. The Morgan fingerprint density at radius 2 is 2.06 bits per heavy atom. The van der Waals surface area contributed by atoms with Gasteiger partial charge in [0.25, 0.3) is 0 Å². The summed E-state index contributed by atoms with van der Waals surface area (Å²) in [4.78, 5) is 0. The first-order valence-corrected chi connectivity index (χ1v) is 6.37. The Kier molecular flexibility index (Phi) is 4.66. The zero-order valence-electron chi connectivity index (χ0n) is 10.1. The fraction of sp³-hybridized carbons (Fsp3) is 0.417. The molecule has 0 aliphatic carbocycles. The minimum Gasteiger partial charge on any atom is -0.330 e. The summed E-state index contributed by atoms with van der Waals surface area (Å²) in [7, 11) is 0. The maximum absolute atomic E-state index is 6.13. The van der Waals surface area contributed by atoms with Crippen LogP contribution in [0.15, 0.2) is 24.3 Å². The number of nitrogens with zero attached hydrogens (tertiary/aromatic N) is 4. The molecule has 96 valence electrons. The van der Waals surface area contributed by atoms with Crippen LogP contribution < -0.4 is 5.73 Å². The topological polar surface area (TPSA) is 69.6 Å². The van der Waals surface area contributed by atoms with E-state index < -0.39 is 0 Å². The van der Waals surface area contributed by atoms with Crippen LogP contribution in [0, 0.1) is 0 Å². The number of halogens is 1. The second-order valence-electron chi connectivity index (χ2n) is 4.08. The van der Waals surface area contributed by atoms with Crippen LogP contribution in [-0.2, 0) is 13.0 Å². The Labute approximate surface area is 111 Å². The molecule has 18 heavy (non-hydrogen) atoms. The van der Waals surface area contributed by atoms with Gasteiger partial charge in [-0.05, 0) is 41.4 Å². The van der Waals surface area contributed by atoms with E-state index in [2.05, 4.69) is 15.5 Å². The SMILES string of the molecule is NCCCCn1nnnc1Cc1ccccc1Cl. The maximum atomic E-state index is 6.13. The van der Waals surface area contributed by atoms with Gasteiger partial charge in [-0.25, -0.2) is 4.68 Å². The van der Waals surface area contributed by atoms with Crippen molar-refractivity contribution in [3.63, 3.8) is 0 Å². The number of benzene rings is 1. The molecule has 0 spiro atoms. The van der Waals surface area contributed by atoms with Gasteiger partial charge in [0.15, 0.2) is 5.82 Å². The molecule has 6 heteroatoms. The molecular weight excluding hydrogens is 250 g/mol. The number of unbranched alkanes of at least 4 members (excludes halogenated alkanes) is 1. The molecule has 0 atom stereocenters. The maximum Gasteiger partial charge on any atom is 0.155 e. The molecule has 1 heterocycles. The van der Waals surface area contributed by atoms with E-state index >= 15 is 0 Å². The summed E-state index contributed by atoms with van der Waals surface area (Å²) in [6.07, 6.45) is 2.61. The number of hydrogen-bond donors (Lipinski definition) is 1. The van der Waals surface area contributed by atoms with Gasteiger partial charge in [0, 0.05) is 18.0 Å². The van der Waals surface area contributed by atoms with E-state index in [1.54, 1.807) is 0 Å². The van der Waals surface area contributed by atoms with Crippen LogP contribution >= 0.6 is 11.6 Å². The number of tetrazole rings is 1. The molecule has 2 rings (SSSR count). The van der Waals surface area contributed by atoms with Crippen molar-refractivity contribution in [2.24, 2.45) is 5.73 Å². The molecule has 0 radical (unpaired) electrons. The molecule has 0 unspecified atom stereocenters. The van der Waals surface area contributed by atoms with Gasteiger partial charge in [-0.15, -0.1) is 5.10 Å². The lowest BCUT2D eigenvalue weighted by Gasteiger charge is -2.05. The highest BCUT2D eigenvalue weighted by Crippen LogP contribution is 2.17. The highest BCUT2D eigenvalue weighted by molar-refractivity contribution is 6.31. The Morgan fingerprint density at radius 1 is 1.22 bits per heavy atom. The average molecular weight is 266 g/mol. The Hall–Kier alpha value is -1.46. The van der Waals surface area contributed by atoms with E-state index in [9.17, 15) is 0 Å². The molecule has 1 aromatic carbocycles. The summed E-state index contributed by atoms with van der Waals surface area (Å²) in [5, 5.41) is 12.5. The number of hydrogen-bond acceptors (Lipinski definition) is 4. The summed E-state index contributed by atoms with van der Waals surface area (Å²) >= 11 is 6.13. The largest absolute Gasteiger partial charge is 0.330 e. The number of aromatic nitrogens is 4. The van der Waals surface area contributed by atoms with Gasteiger partial charge in [-0.1, -0.05) is 29.8 Å². The van der Waals surface area contributed by atoms with Crippen LogP contribution in [0.2, 0.25) is 5.02 Å². The van der Waals surface area contributed by atoms with Crippen molar-refractivity contribution in [3.05, 3.63) is 40.7 Å². The first-order valence-electron chi connectivity index (χ1n) is 6.00. The van der Waals surface area contributed by atoms with Crippen molar-refractivity contribution < 1.29 is 0 Å². The van der Waals surface area contributed by atoms with Gasteiger partial charge >= 0.3 is 0 Å². The quantitative estimate of drug-likeness (QED) is 0.807. The van der Waals surface area contributed by atoms with Crippen molar-refractivity contribution >= 4 is 11.6 Å². The lowest BCUT2D eigenvalue weighted by Crippen LogP contribution is -2.08. The number of aryl methyl sites for hydroxylation is 1. The van der Waals surface area contributed by atoms with Gasteiger partial charge in [-0.3, -0.25) is 0 Å². The van der Waals surface area contributed by atoms with E-state index in [0.717, 1.165) is 35.8 Å². The smallest absolute Gasteiger partial charge is 0.155 e. The molecule has 0 amide bonds. The van der Waals surface area contributed by atoms with Crippen molar-refractivity contribution in [1.82, 2.24) is 20.2 Å². The summed E-state index contributed by atoms with van der Waals surface area (Å²) in [5.41, 5.74) is 6.51. The highest BCUT2D eigenvalue weighted by Gasteiger charge is 2.08. The van der Waals surface area contributed by atoms with E-state index in [4.69, 9.17) is 17.3 Å². The van der Waals surface area contributed by atoms with Crippen LogP contribution in [-0.4, -0.2) is 26.8 Å². The summed E-state index contributed by atoms with van der Waals surface area (Å²) in [6, 6.07) is 7.74. The predicted molar refractivity (Wildman–Crippen MR) is 70.4 cm³/mol. The second kappa shape index (κ2) is 6.47. The van der Waals surface area contributed by atoms with E-state index in [1.165, 1.54) is 0 Å². The predicted octanol–water partition coefficient (Wildman–Crippen LogP) is 1.66. The van der Waals surface area contributed by atoms with Crippen molar-refractivity contribution in [2.75, 3.05) is 6.54 Å². The van der Waals surface area contributed by atoms with Crippen LogP contribution in [0.4, 0.5) is 0 Å². The molecule has 0 aliphatic heterocycles. The van der Waals surface area contributed by atoms with Gasteiger partial charge in [0.05, 0.1) is 0 Å². The second-order valence-corrected chi connectivity index (χ2v) is 4.49. The molecule has 0 bridgehead atoms. The highest BCUT2D eigenvalue weighted by atomic mass is 35.5. The van der Waals surface area contributed by atoms with Crippen LogP contribution in [0.25, 0.3) is 0 Å². The standard InChI is InChI=1S/C12H16ClN5/c13-11-6-2-1-5-10(11)9-12-15-16-17-18(12)8-4-3-7-14/h1-2,5-6H,3-4,7-9,14H2. The lowest BCUT2D eigenvalue weighted by atomic mass is 10.1. The third kappa shape index (κ3) is 3.27. The van der Waals surface area contributed by atoms with E-state index in [-0.39, 0.29) is 0 Å². The monoisotopic (exact) mass is 265 g/mol. The zero-order chi connectivity index (χ0) is 12.8. The third-order valence-electron chi connectivity index (χ3n) is 2.74. The Morgan fingerprint density at radius 3 is 2.83 bits per heavy atom. The van der Waals surface area contributed by atoms with Crippen LogP contribution in [0.1, 0.15) is 24.2 Å². The molecule has 0 aliphatic rings. The Bertz CT molecular complexity index is 497. The van der Waals surface area contributed by atoms with E-state index in [0.29, 0.717) is 13.0 Å². The normalized spacial score (nSPS) is 10.8. The molecule has 0 saturated heterocycles. The fourth-order valence-corrected chi connectivity index (χ4v) is 1.94. The molecule has 5 nitrogen and oxygen atoms in total. The number of rotatable bonds is 6.